The van der Waals surface area contributed by atoms with Crippen LogP contribution in [0.4, 0.5) is 0 Å². The second-order valence-corrected chi connectivity index (χ2v) is 14.0. The predicted molar refractivity (Wildman–Crippen MR) is 202 cm³/mol. The lowest BCUT2D eigenvalue weighted by Gasteiger charge is -2.16. The Morgan fingerprint density at radius 2 is 1.08 bits per heavy atom. The average molecular weight is 752 g/mol. The van der Waals surface area contributed by atoms with E-state index in [1.54, 1.807) is 66.7 Å². The van der Waals surface area contributed by atoms with Crippen molar-refractivity contribution in [1.29, 1.82) is 0 Å². The van der Waals surface area contributed by atoms with E-state index in [1.165, 1.54) is 12.7 Å². The van der Waals surface area contributed by atoms with E-state index in [2.05, 4.69) is 46.4 Å². The molecule has 0 bridgehead atoms. The van der Waals surface area contributed by atoms with Crippen LogP contribution in [0.25, 0.3) is 42.3 Å². The van der Waals surface area contributed by atoms with Crippen molar-refractivity contribution >= 4 is 45.9 Å². The maximum atomic E-state index is 10.9. The summed E-state index contributed by atoms with van der Waals surface area (Å²) in [5, 5.41) is 26.0. The fourth-order valence-corrected chi connectivity index (χ4v) is 7.96. The molecule has 2 atom stereocenters. The van der Waals surface area contributed by atoms with Crippen LogP contribution in [-0.4, -0.2) is 52.5 Å². The second-order valence-electron chi connectivity index (χ2n) is 11.1. The molecule has 8 aromatic rings. The molecule has 8 rings (SSSR count). The van der Waals surface area contributed by atoms with Crippen LogP contribution in [0, 0.1) is 0 Å². The zero-order valence-electron chi connectivity index (χ0n) is 26.8. The second kappa shape index (κ2) is 15.9. The molecule has 51 heavy (non-hydrogen) atoms. The number of methoxy groups -OCH3 is 1. The van der Waals surface area contributed by atoms with E-state index in [1.807, 2.05) is 66.7 Å². The Balaban J connectivity index is 0.000000159. The Bertz CT molecular complexity index is 2280. The van der Waals surface area contributed by atoms with E-state index in [4.69, 9.17) is 27.9 Å². The molecule has 10 nitrogen and oxygen atoms in total. The van der Waals surface area contributed by atoms with Gasteiger partial charge in [0, 0.05) is 62.8 Å². The Morgan fingerprint density at radius 1 is 0.627 bits per heavy atom. The molecule has 254 valence electrons. The number of hydrogen-bond donors (Lipinski definition) is 3. The molecule has 0 aliphatic rings. The molecular weight excluding hydrogens is 724 g/mol. The number of rotatable bonds is 9. The van der Waals surface area contributed by atoms with Crippen molar-refractivity contribution in [1.82, 2.24) is 40.3 Å². The number of nitrogens with zero attached hydrogens (tertiary/aromatic N) is 6. The Morgan fingerprint density at radius 3 is 1.53 bits per heavy atom. The highest BCUT2D eigenvalue weighted by atomic mass is 35.5. The van der Waals surface area contributed by atoms with Crippen molar-refractivity contribution in [2.75, 3.05) is 7.11 Å². The first-order chi connectivity index (χ1) is 25.0. The number of H-pyrrole nitrogens is 2. The maximum Gasteiger partial charge on any atom is 0.165 e. The molecule has 6 aromatic heterocycles. The molecule has 0 aliphatic carbocycles. The number of thiophene rings is 2. The Hall–Kier alpha value is -5.08. The molecule has 14 heteroatoms. The van der Waals surface area contributed by atoms with Gasteiger partial charge in [-0.1, -0.05) is 47.5 Å². The zero-order chi connectivity index (χ0) is 35.2. The first-order valence-corrected chi connectivity index (χ1v) is 17.9. The zero-order valence-corrected chi connectivity index (χ0v) is 30.0. The summed E-state index contributed by atoms with van der Waals surface area (Å²) in [6.07, 6.45) is 9.01. The lowest BCUT2D eigenvalue weighted by molar-refractivity contribution is 0.137. The van der Waals surface area contributed by atoms with Gasteiger partial charge in [0.25, 0.3) is 0 Å². The smallest absolute Gasteiger partial charge is 0.165 e. The maximum absolute atomic E-state index is 10.9. The molecule has 2 unspecified atom stereocenters. The molecule has 0 fully saturated rings. The number of aliphatic hydroxyl groups is 1. The van der Waals surface area contributed by atoms with Crippen molar-refractivity contribution < 1.29 is 9.84 Å². The largest absolute Gasteiger partial charge is 0.384 e. The summed E-state index contributed by atoms with van der Waals surface area (Å²) in [4.78, 5) is 20.7. The van der Waals surface area contributed by atoms with E-state index in [0.717, 1.165) is 58.7 Å². The van der Waals surface area contributed by atoms with Crippen molar-refractivity contribution in [3.05, 3.63) is 155 Å². The molecule has 0 saturated carbocycles. The SMILES string of the molecule is COC(c1ccc(Cl)cc1)c1cc(-c2ccncc2)sc1-c1ncn[nH]1.OC(c1ccc(Cl)cc1)c1cc(-c2ccncc2)sc1-c1ncn[nH]1. The van der Waals surface area contributed by atoms with Crippen LogP contribution in [0.15, 0.2) is 122 Å². The topological polar surface area (TPSA) is 138 Å². The number of pyridine rings is 2. The molecule has 0 amide bonds. The van der Waals surface area contributed by atoms with Crippen molar-refractivity contribution in [3.8, 4) is 42.3 Å². The normalized spacial score (nSPS) is 12.2. The van der Waals surface area contributed by atoms with Crippen LogP contribution in [0.3, 0.4) is 0 Å². The molecule has 0 saturated heterocycles. The highest BCUT2D eigenvalue weighted by Gasteiger charge is 2.24. The molecule has 0 radical (unpaired) electrons. The van der Waals surface area contributed by atoms with Crippen LogP contribution in [0.5, 0.6) is 0 Å². The van der Waals surface area contributed by atoms with Crippen molar-refractivity contribution in [3.63, 3.8) is 0 Å². The quantitative estimate of drug-likeness (QED) is 0.133. The van der Waals surface area contributed by atoms with Crippen LogP contribution < -0.4 is 0 Å². The van der Waals surface area contributed by atoms with Crippen LogP contribution in [0.1, 0.15) is 34.5 Å². The first kappa shape index (κ1) is 34.4. The first-order valence-electron chi connectivity index (χ1n) is 15.5. The Kier molecular flexibility index (Phi) is 10.7. The molecule has 0 aliphatic heterocycles. The van der Waals surface area contributed by atoms with Gasteiger partial charge in [0.15, 0.2) is 11.6 Å². The molecular formula is C37H28Cl2N8O2S2. The summed E-state index contributed by atoms with van der Waals surface area (Å²) in [7, 11) is 1.70. The van der Waals surface area contributed by atoms with Crippen LogP contribution in [0.2, 0.25) is 10.0 Å². The number of halogens is 2. The summed E-state index contributed by atoms with van der Waals surface area (Å²) >= 11 is 15.2. The minimum Gasteiger partial charge on any atom is -0.384 e. The minimum atomic E-state index is -0.788. The van der Waals surface area contributed by atoms with Gasteiger partial charge in [0.05, 0.1) is 9.75 Å². The third-order valence-electron chi connectivity index (χ3n) is 7.88. The van der Waals surface area contributed by atoms with Gasteiger partial charge in [-0.05, 0) is 82.9 Å². The number of aromatic amines is 2. The molecule has 6 heterocycles. The van der Waals surface area contributed by atoms with Crippen molar-refractivity contribution in [2.24, 2.45) is 0 Å². The van der Waals surface area contributed by atoms with Crippen LogP contribution >= 0.6 is 45.9 Å². The number of benzene rings is 2. The summed E-state index contributed by atoms with van der Waals surface area (Å²) in [5.74, 6) is 1.36. The number of aliphatic hydroxyl groups excluding tert-OH is 1. The van der Waals surface area contributed by atoms with E-state index in [9.17, 15) is 5.11 Å². The van der Waals surface area contributed by atoms with E-state index < -0.39 is 6.10 Å². The summed E-state index contributed by atoms with van der Waals surface area (Å²) in [6.45, 7) is 0. The summed E-state index contributed by atoms with van der Waals surface area (Å²) in [5.41, 5.74) is 5.73. The van der Waals surface area contributed by atoms with E-state index in [-0.39, 0.29) is 6.10 Å². The fourth-order valence-electron chi connectivity index (χ4n) is 5.43. The number of aromatic nitrogens is 8. The van der Waals surface area contributed by atoms with Gasteiger partial charge in [0.2, 0.25) is 0 Å². The van der Waals surface area contributed by atoms with Gasteiger partial charge < -0.3 is 9.84 Å². The highest BCUT2D eigenvalue weighted by Crippen LogP contribution is 2.43. The van der Waals surface area contributed by atoms with Gasteiger partial charge in [0.1, 0.15) is 24.9 Å². The van der Waals surface area contributed by atoms with Crippen molar-refractivity contribution in [2.45, 2.75) is 12.2 Å². The van der Waals surface area contributed by atoms with Gasteiger partial charge in [-0.3, -0.25) is 20.2 Å². The fraction of sp³-hybridized carbons (Fsp3) is 0.0811. The van der Waals surface area contributed by atoms with Gasteiger partial charge in [-0.2, -0.15) is 10.2 Å². The third kappa shape index (κ3) is 7.81. The monoisotopic (exact) mass is 750 g/mol. The molecule has 2 aromatic carbocycles. The third-order valence-corrected chi connectivity index (χ3v) is 10.8. The summed E-state index contributed by atoms with van der Waals surface area (Å²) < 4.78 is 5.84. The molecule has 3 N–H and O–H groups in total. The standard InChI is InChI=1S/C19H15ClN4OS.C18H13ClN4OS/c1-25-17(13-2-4-14(20)5-3-13)15-10-16(12-6-8-21-9-7-12)26-18(15)19-22-11-23-24-19;19-13-3-1-12(2-4-13)16(24)14-9-15(11-5-7-20-8-6-11)25-17(14)18-21-10-22-23-18/h2-11,17H,1H3,(H,22,23,24);1-10,16,24H,(H,21,22,23). The lowest BCUT2D eigenvalue weighted by Crippen LogP contribution is -2.03. The minimum absolute atomic E-state index is 0.237. The average Bonchev–Trinajstić information content (AvgIpc) is 4.01. The van der Waals surface area contributed by atoms with Gasteiger partial charge in [-0.25, -0.2) is 9.97 Å². The van der Waals surface area contributed by atoms with Crippen LogP contribution in [-0.2, 0) is 4.74 Å². The lowest BCUT2D eigenvalue weighted by atomic mass is 10.0. The molecule has 0 spiro atoms. The van der Waals surface area contributed by atoms with E-state index in [0.29, 0.717) is 15.9 Å². The van der Waals surface area contributed by atoms with Gasteiger partial charge in [-0.15, -0.1) is 22.7 Å². The number of hydrogen-bond acceptors (Lipinski definition) is 10. The summed E-state index contributed by atoms with van der Waals surface area (Å²) in [6, 6.07) is 26.8. The number of nitrogens with one attached hydrogen (secondary N) is 2. The van der Waals surface area contributed by atoms with E-state index >= 15 is 0 Å². The van der Waals surface area contributed by atoms with Gasteiger partial charge >= 0.3 is 0 Å². The highest BCUT2D eigenvalue weighted by molar-refractivity contribution is 7.19. The Labute approximate surface area is 310 Å². The predicted octanol–water partition coefficient (Wildman–Crippen LogP) is 9.31. The number of ether oxygens (including phenoxy) is 1.